The highest BCUT2D eigenvalue weighted by molar-refractivity contribution is 5.80. The summed E-state index contributed by atoms with van der Waals surface area (Å²) in [5.41, 5.74) is 0. The van der Waals surface area contributed by atoms with Gasteiger partial charge in [0.25, 0.3) is 0 Å². The lowest BCUT2D eigenvalue weighted by Gasteiger charge is -2.41. The highest BCUT2D eigenvalue weighted by atomic mass is 16.7. The molecule has 11 nitrogen and oxygen atoms in total. The summed E-state index contributed by atoms with van der Waals surface area (Å²) < 4.78 is 17.7. The molecule has 1 rings (SSSR count). The van der Waals surface area contributed by atoms with Gasteiger partial charge in [0, 0.05) is 6.42 Å². The van der Waals surface area contributed by atoms with Gasteiger partial charge in [0.1, 0.15) is 24.4 Å². The van der Waals surface area contributed by atoms with Crippen LogP contribution in [-0.2, 0) is 23.8 Å². The number of allylic oxidation sites excluding steroid dienone is 11. The first-order valence-corrected chi connectivity index (χ1v) is 36.7. The zero-order valence-electron chi connectivity index (χ0n) is 56.4. The van der Waals surface area contributed by atoms with Crippen LogP contribution < -0.4 is 5.32 Å². The zero-order valence-corrected chi connectivity index (χ0v) is 56.4. The Bertz CT molecular complexity index is 1690. The Morgan fingerprint density at radius 2 is 0.828 bits per heavy atom. The van der Waals surface area contributed by atoms with Crippen LogP contribution in [-0.4, -0.2) is 99.6 Å². The second-order valence-corrected chi connectivity index (χ2v) is 25.3. The van der Waals surface area contributed by atoms with Crippen molar-refractivity contribution < 1.29 is 49.3 Å². The number of hydrogen-bond donors (Lipinski definition) is 6. The van der Waals surface area contributed by atoms with E-state index in [0.29, 0.717) is 19.3 Å². The van der Waals surface area contributed by atoms with E-state index in [4.69, 9.17) is 14.2 Å². The Hall–Kier alpha value is -2.90. The van der Waals surface area contributed by atoms with Gasteiger partial charge >= 0.3 is 5.97 Å². The molecule has 11 heteroatoms. The molecule has 8 atom stereocenters. The van der Waals surface area contributed by atoms with Gasteiger partial charge in [-0.05, 0) is 70.6 Å². The van der Waals surface area contributed by atoms with Crippen molar-refractivity contribution in [2.24, 2.45) is 0 Å². The average molecular weight is 1220 g/mol. The van der Waals surface area contributed by atoms with Gasteiger partial charge in [-0.1, -0.05) is 331 Å². The van der Waals surface area contributed by atoms with Crippen molar-refractivity contribution in [1.29, 1.82) is 0 Å². The molecule has 6 N–H and O–H groups in total. The minimum Gasteiger partial charge on any atom is -0.454 e. The topological polar surface area (TPSA) is 175 Å². The van der Waals surface area contributed by atoms with E-state index >= 15 is 0 Å². The fourth-order valence-corrected chi connectivity index (χ4v) is 11.4. The number of nitrogens with one attached hydrogen (secondary N) is 1. The van der Waals surface area contributed by atoms with E-state index in [1.807, 2.05) is 6.08 Å². The quantitative estimate of drug-likeness (QED) is 0.0195. The summed E-state index contributed by atoms with van der Waals surface area (Å²) in [6.45, 7) is 5.70. The molecule has 0 aromatic carbocycles. The third-order valence-corrected chi connectivity index (χ3v) is 17.1. The van der Waals surface area contributed by atoms with Crippen LogP contribution in [0.25, 0.3) is 0 Å². The first kappa shape index (κ1) is 82.1. The molecular weight excluding hydrogens is 1090 g/mol. The fourth-order valence-electron chi connectivity index (χ4n) is 11.4. The second-order valence-electron chi connectivity index (χ2n) is 25.3. The van der Waals surface area contributed by atoms with E-state index in [1.54, 1.807) is 6.08 Å². The number of aliphatic hydroxyl groups excluding tert-OH is 5. The molecule has 0 bridgehead atoms. The molecule has 87 heavy (non-hydrogen) atoms. The molecule has 1 aliphatic heterocycles. The van der Waals surface area contributed by atoms with Crippen LogP contribution in [0, 0.1) is 0 Å². The molecule has 0 aromatic rings. The maximum atomic E-state index is 13.5. The summed E-state index contributed by atoms with van der Waals surface area (Å²) in [5, 5.41) is 57.2. The Kier molecular flexibility index (Phi) is 59.7. The SMILES string of the molecule is CC/C=C\C/C=C\C/C=C\C/C=C\C/C=C\CCCCCCCC(=O)OC1C(OCC(NC(=O)C(O)CCCCCCCCCCCCCCCCCCCCCCCCCCCC)C(O)/C=C/CCCCCCCCCCC)OC(CO)C(O)C1O. The maximum absolute atomic E-state index is 13.5. The molecule has 8 unspecified atom stereocenters. The molecule has 1 heterocycles. The number of aliphatic hydroxyl groups is 5. The first-order chi connectivity index (χ1) is 42.7. The van der Waals surface area contributed by atoms with E-state index in [2.05, 4.69) is 86.8 Å². The Labute approximate surface area is 534 Å². The lowest BCUT2D eigenvalue weighted by atomic mass is 9.99. The summed E-state index contributed by atoms with van der Waals surface area (Å²) in [4.78, 5) is 26.7. The number of unbranched alkanes of at least 4 members (excludes halogenated alkanes) is 39. The summed E-state index contributed by atoms with van der Waals surface area (Å²) in [7, 11) is 0. The molecule has 0 spiro atoms. The number of hydrogen-bond acceptors (Lipinski definition) is 10. The maximum Gasteiger partial charge on any atom is 0.306 e. The molecule has 1 fully saturated rings. The van der Waals surface area contributed by atoms with Gasteiger partial charge in [-0.15, -0.1) is 0 Å². The first-order valence-electron chi connectivity index (χ1n) is 36.7. The van der Waals surface area contributed by atoms with Gasteiger partial charge in [-0.3, -0.25) is 9.59 Å². The molecule has 1 amide bonds. The van der Waals surface area contributed by atoms with Crippen molar-refractivity contribution in [3.8, 4) is 0 Å². The van der Waals surface area contributed by atoms with E-state index in [0.717, 1.165) is 103 Å². The van der Waals surface area contributed by atoms with Crippen molar-refractivity contribution in [3.63, 3.8) is 0 Å². The normalized spacial score (nSPS) is 18.6. The van der Waals surface area contributed by atoms with E-state index in [-0.39, 0.29) is 13.0 Å². The van der Waals surface area contributed by atoms with Crippen LogP contribution in [0.5, 0.6) is 0 Å². The monoisotopic (exact) mass is 1220 g/mol. The predicted octanol–water partition coefficient (Wildman–Crippen LogP) is 19.1. The standard InChI is InChI=1S/C76H137NO10/c1-4-7-10-13-16-19-22-24-26-28-30-32-33-34-35-36-38-39-41-43-45-48-51-54-57-60-63-69(80)75(84)77-67(68(79)62-59-56-53-50-47-21-18-15-12-9-6-3)66-85-76-74(73(83)72(82)70(65-78)86-76)87-71(81)64-61-58-55-52-49-46-44-42-40-37-31-29-27-25-23-20-17-14-11-8-5-2/h8,11,17,20,25,27,31,37,42,44,59,62,67-70,72-74,76,78-80,82-83H,4-7,9-10,12-16,18-19,21-24,26,28-30,32-36,38-41,43,45-58,60-61,63-66H2,1-3H3,(H,77,84)/b11-8-,20-17-,27-25-,37-31-,44-42-,62-59+. The van der Waals surface area contributed by atoms with E-state index in [9.17, 15) is 35.1 Å². The van der Waals surface area contributed by atoms with Crippen LogP contribution in [0.1, 0.15) is 335 Å². The second kappa shape index (κ2) is 63.3. The molecule has 1 saturated heterocycles. The summed E-state index contributed by atoms with van der Waals surface area (Å²) >= 11 is 0. The molecule has 0 aromatic heterocycles. The molecule has 506 valence electrons. The van der Waals surface area contributed by atoms with Crippen LogP contribution in [0.2, 0.25) is 0 Å². The molecule has 0 aliphatic carbocycles. The van der Waals surface area contributed by atoms with Gasteiger partial charge in [-0.2, -0.15) is 0 Å². The van der Waals surface area contributed by atoms with Crippen molar-refractivity contribution in [3.05, 3.63) is 72.9 Å². The summed E-state index contributed by atoms with van der Waals surface area (Å²) in [6.07, 6.45) is 72.4. The Balaban J connectivity index is 2.53. The number of carbonyl (C=O) groups excluding carboxylic acids is 2. The number of esters is 1. The van der Waals surface area contributed by atoms with Gasteiger partial charge < -0.3 is 45.1 Å². The van der Waals surface area contributed by atoms with Gasteiger partial charge in [0.2, 0.25) is 5.91 Å². The summed E-state index contributed by atoms with van der Waals surface area (Å²) in [6, 6.07) is -1.03. The van der Waals surface area contributed by atoms with E-state index < -0.39 is 67.4 Å². The number of carbonyl (C=O) groups is 2. The van der Waals surface area contributed by atoms with Crippen LogP contribution in [0.15, 0.2) is 72.9 Å². The van der Waals surface area contributed by atoms with Crippen molar-refractivity contribution >= 4 is 11.9 Å². The number of ether oxygens (including phenoxy) is 3. The van der Waals surface area contributed by atoms with Crippen LogP contribution >= 0.6 is 0 Å². The van der Waals surface area contributed by atoms with E-state index in [1.165, 1.54) is 186 Å². The van der Waals surface area contributed by atoms with Crippen LogP contribution in [0.4, 0.5) is 0 Å². The van der Waals surface area contributed by atoms with Gasteiger partial charge in [0.05, 0.1) is 25.4 Å². The number of rotatable bonds is 63. The largest absolute Gasteiger partial charge is 0.454 e. The Morgan fingerprint density at radius 3 is 1.24 bits per heavy atom. The number of amides is 1. The predicted molar refractivity (Wildman–Crippen MR) is 366 cm³/mol. The third-order valence-electron chi connectivity index (χ3n) is 17.1. The summed E-state index contributed by atoms with van der Waals surface area (Å²) in [5.74, 6) is -1.21. The minimum absolute atomic E-state index is 0.100. The molecule has 0 saturated carbocycles. The van der Waals surface area contributed by atoms with Gasteiger partial charge in [0.15, 0.2) is 12.4 Å². The lowest BCUT2D eigenvalue weighted by Crippen LogP contribution is -2.61. The zero-order chi connectivity index (χ0) is 63.1. The lowest BCUT2D eigenvalue weighted by molar-refractivity contribution is -0.305. The highest BCUT2D eigenvalue weighted by Gasteiger charge is 2.47. The highest BCUT2D eigenvalue weighted by Crippen LogP contribution is 2.26. The fraction of sp³-hybridized carbons (Fsp3) is 0.816. The van der Waals surface area contributed by atoms with Crippen LogP contribution in [0.3, 0.4) is 0 Å². The molecule has 0 radical (unpaired) electrons. The van der Waals surface area contributed by atoms with Crippen molar-refractivity contribution in [2.45, 2.75) is 384 Å². The molecule has 1 aliphatic rings. The Morgan fingerprint density at radius 1 is 0.460 bits per heavy atom. The minimum atomic E-state index is -1.62. The van der Waals surface area contributed by atoms with Crippen molar-refractivity contribution in [1.82, 2.24) is 5.32 Å². The van der Waals surface area contributed by atoms with Crippen molar-refractivity contribution in [2.75, 3.05) is 13.2 Å². The van der Waals surface area contributed by atoms with Gasteiger partial charge in [-0.25, -0.2) is 0 Å². The smallest absolute Gasteiger partial charge is 0.306 e. The third kappa shape index (κ3) is 50.4. The average Bonchev–Trinajstić information content (AvgIpc) is 3.60. The molecular formula is C76H137NO10.